The van der Waals surface area contributed by atoms with E-state index in [1.165, 1.54) is 30.5 Å². The molecule has 5 rings (SSSR count). The van der Waals surface area contributed by atoms with Crippen LogP contribution >= 0.6 is 0 Å². The Balaban J connectivity index is 0.000000250. The molecule has 2 saturated heterocycles. The molecule has 168 valence electrons. The first-order chi connectivity index (χ1) is 14.7. The summed E-state index contributed by atoms with van der Waals surface area (Å²) in [6, 6.07) is 6.30. The number of phenolic OH excluding ortho intramolecular Hbond substituents is 1. The molecule has 0 unspecified atom stereocenters. The van der Waals surface area contributed by atoms with Gasteiger partial charge in [-0.1, -0.05) is 6.07 Å². The standard InChI is InChI=1S/C19H25NO3.C4H4O4/c1-18-17-8-14-4-5-15(21)9-16(14)19(18,11-22-12-23-18)6-7-20(17)10-13-2-3-13;5-3(6)1-2-4(7)8/h4-5,9,13,17,21H,2-3,6-8,10-12H2,1H3;1-2H,(H,5,6)(H,7,8)/b;2-1+/t17-,18+,19-;/m1./s1. The number of carboxylic acids is 2. The third-order valence-electron chi connectivity index (χ3n) is 7.22. The molecule has 3 fully saturated rings. The maximum atomic E-state index is 10.0. The number of phenols is 1. The molecule has 2 aliphatic heterocycles. The lowest BCUT2D eigenvalue weighted by molar-refractivity contribution is -0.274. The first-order valence-electron chi connectivity index (χ1n) is 10.7. The maximum absolute atomic E-state index is 10.0. The molecule has 2 bridgehead atoms. The van der Waals surface area contributed by atoms with Crippen molar-refractivity contribution >= 4 is 11.9 Å². The lowest BCUT2D eigenvalue weighted by Crippen LogP contribution is -2.74. The highest BCUT2D eigenvalue weighted by molar-refractivity contribution is 5.89. The second kappa shape index (κ2) is 8.26. The van der Waals surface area contributed by atoms with Crippen LogP contribution in [0.5, 0.6) is 5.75 Å². The van der Waals surface area contributed by atoms with Gasteiger partial charge < -0.3 is 24.8 Å². The summed E-state index contributed by atoms with van der Waals surface area (Å²) in [7, 11) is 0. The van der Waals surface area contributed by atoms with Crippen molar-refractivity contribution in [3.8, 4) is 5.75 Å². The normalized spacial score (nSPS) is 31.8. The number of benzene rings is 1. The molecule has 8 nitrogen and oxygen atoms in total. The maximum Gasteiger partial charge on any atom is 0.328 e. The molecule has 3 atom stereocenters. The van der Waals surface area contributed by atoms with Crippen LogP contribution in [-0.4, -0.2) is 70.3 Å². The van der Waals surface area contributed by atoms with Gasteiger partial charge in [-0.25, -0.2) is 9.59 Å². The topological polar surface area (TPSA) is 117 Å². The molecule has 1 saturated carbocycles. The predicted molar refractivity (Wildman–Crippen MR) is 111 cm³/mol. The second-order valence-corrected chi connectivity index (χ2v) is 9.06. The molecule has 1 aromatic carbocycles. The Morgan fingerprint density at radius 3 is 2.58 bits per heavy atom. The fraction of sp³-hybridized carbons (Fsp3) is 0.565. The number of nitrogens with zero attached hydrogens (tertiary/aromatic N) is 1. The van der Waals surface area contributed by atoms with E-state index in [4.69, 9.17) is 19.7 Å². The van der Waals surface area contributed by atoms with Crippen molar-refractivity contribution < 1.29 is 34.4 Å². The average Bonchev–Trinajstić information content (AvgIpc) is 3.53. The van der Waals surface area contributed by atoms with E-state index >= 15 is 0 Å². The molecule has 0 aromatic heterocycles. The van der Waals surface area contributed by atoms with Crippen LogP contribution in [0, 0.1) is 5.92 Å². The van der Waals surface area contributed by atoms with Gasteiger partial charge in [0.1, 0.15) is 12.5 Å². The van der Waals surface area contributed by atoms with Crippen molar-refractivity contribution in [3.05, 3.63) is 41.5 Å². The van der Waals surface area contributed by atoms with Gasteiger partial charge in [0.2, 0.25) is 0 Å². The van der Waals surface area contributed by atoms with Crippen molar-refractivity contribution in [1.82, 2.24) is 4.90 Å². The molecule has 2 aliphatic carbocycles. The van der Waals surface area contributed by atoms with Gasteiger partial charge in [-0.3, -0.25) is 4.90 Å². The number of aliphatic carboxylic acids is 2. The van der Waals surface area contributed by atoms with Crippen molar-refractivity contribution in [2.75, 3.05) is 26.5 Å². The summed E-state index contributed by atoms with van der Waals surface area (Å²) in [6.07, 6.45) is 5.95. The summed E-state index contributed by atoms with van der Waals surface area (Å²) in [4.78, 5) is 21.8. The molecule has 2 heterocycles. The van der Waals surface area contributed by atoms with Crippen molar-refractivity contribution in [2.24, 2.45) is 5.92 Å². The Kier molecular flexibility index (Phi) is 5.81. The third kappa shape index (κ3) is 4.07. The summed E-state index contributed by atoms with van der Waals surface area (Å²) in [6.45, 7) is 5.70. The van der Waals surface area contributed by atoms with E-state index in [2.05, 4.69) is 17.9 Å². The molecule has 4 aliphatic rings. The predicted octanol–water partition coefficient (Wildman–Crippen LogP) is 2.15. The van der Waals surface area contributed by atoms with Crippen LogP contribution in [0.4, 0.5) is 0 Å². The number of aromatic hydroxyl groups is 1. The van der Waals surface area contributed by atoms with Gasteiger partial charge in [0, 0.05) is 24.7 Å². The molecule has 31 heavy (non-hydrogen) atoms. The van der Waals surface area contributed by atoms with Gasteiger partial charge in [0.05, 0.1) is 17.6 Å². The third-order valence-corrected chi connectivity index (χ3v) is 7.22. The summed E-state index contributed by atoms with van der Waals surface area (Å²) in [5, 5.41) is 25.7. The minimum Gasteiger partial charge on any atom is -0.508 e. The Hall–Kier alpha value is -2.42. The number of piperidine rings is 1. The smallest absolute Gasteiger partial charge is 0.328 e. The van der Waals surface area contributed by atoms with E-state index in [-0.39, 0.29) is 11.0 Å². The summed E-state index contributed by atoms with van der Waals surface area (Å²) in [5.74, 6) is -1.27. The van der Waals surface area contributed by atoms with Gasteiger partial charge >= 0.3 is 11.9 Å². The van der Waals surface area contributed by atoms with Crippen LogP contribution in [0.15, 0.2) is 30.4 Å². The molecular formula is C23H29NO7. The van der Waals surface area contributed by atoms with Crippen LogP contribution in [0.1, 0.15) is 37.3 Å². The van der Waals surface area contributed by atoms with Gasteiger partial charge in [0.25, 0.3) is 0 Å². The SMILES string of the molecule is C[C@@]12OCOC[C@@]13CCN(CC1CC1)[C@@H]2Cc1ccc(O)cc13.O=C(O)/C=C/C(=O)O. The van der Waals surface area contributed by atoms with Crippen molar-refractivity contribution in [2.45, 2.75) is 49.7 Å². The quantitative estimate of drug-likeness (QED) is 0.621. The molecule has 3 N–H and O–H groups in total. The Bertz CT molecular complexity index is 880. The molecule has 0 spiro atoms. The molecule has 0 radical (unpaired) electrons. The summed E-state index contributed by atoms with van der Waals surface area (Å²) in [5.41, 5.74) is 2.27. The first-order valence-corrected chi connectivity index (χ1v) is 10.7. The largest absolute Gasteiger partial charge is 0.508 e. The van der Waals surface area contributed by atoms with Crippen molar-refractivity contribution in [1.29, 1.82) is 0 Å². The zero-order valence-corrected chi connectivity index (χ0v) is 17.6. The van der Waals surface area contributed by atoms with Crippen LogP contribution in [0.2, 0.25) is 0 Å². The van der Waals surface area contributed by atoms with Crippen LogP contribution in [0.3, 0.4) is 0 Å². The van der Waals surface area contributed by atoms with E-state index in [0.717, 1.165) is 25.3 Å². The molecule has 8 heteroatoms. The Labute approximate surface area is 181 Å². The Morgan fingerprint density at radius 1 is 1.23 bits per heavy atom. The number of carboxylic acid groups (broad SMARTS) is 2. The number of hydrogen-bond acceptors (Lipinski definition) is 6. The average molecular weight is 431 g/mol. The van der Waals surface area contributed by atoms with E-state index in [1.807, 2.05) is 12.1 Å². The van der Waals surface area contributed by atoms with Gasteiger partial charge in [-0.2, -0.15) is 0 Å². The number of likely N-dealkylation sites (tertiary alicyclic amines) is 1. The summed E-state index contributed by atoms with van der Waals surface area (Å²) < 4.78 is 12.1. The second-order valence-electron chi connectivity index (χ2n) is 9.06. The monoisotopic (exact) mass is 431 g/mol. The van der Waals surface area contributed by atoms with E-state index < -0.39 is 11.9 Å². The van der Waals surface area contributed by atoms with E-state index in [1.54, 1.807) is 0 Å². The van der Waals surface area contributed by atoms with E-state index in [9.17, 15) is 14.7 Å². The van der Waals surface area contributed by atoms with Gasteiger partial charge in [0.15, 0.2) is 0 Å². The summed E-state index contributed by atoms with van der Waals surface area (Å²) >= 11 is 0. The number of fused-ring (bicyclic) bond motifs is 1. The zero-order chi connectivity index (χ0) is 22.2. The first kappa shape index (κ1) is 21.8. The zero-order valence-electron chi connectivity index (χ0n) is 17.6. The fourth-order valence-electron chi connectivity index (χ4n) is 5.43. The number of carbonyl (C=O) groups is 2. The number of rotatable bonds is 4. The minimum atomic E-state index is -1.26. The van der Waals surface area contributed by atoms with Crippen molar-refractivity contribution in [3.63, 3.8) is 0 Å². The minimum absolute atomic E-state index is 0.123. The van der Waals surface area contributed by atoms with Crippen LogP contribution < -0.4 is 0 Å². The molecule has 1 aromatic rings. The highest BCUT2D eigenvalue weighted by Gasteiger charge is 2.63. The highest BCUT2D eigenvalue weighted by atomic mass is 16.7. The lowest BCUT2D eigenvalue weighted by atomic mass is 9.55. The van der Waals surface area contributed by atoms with E-state index in [0.29, 0.717) is 37.3 Å². The van der Waals surface area contributed by atoms with Gasteiger partial charge in [-0.05, 0) is 68.3 Å². The highest BCUT2D eigenvalue weighted by Crippen LogP contribution is 2.55. The lowest BCUT2D eigenvalue weighted by Gasteiger charge is -2.63. The van der Waals surface area contributed by atoms with Crippen LogP contribution in [-0.2, 0) is 30.9 Å². The Morgan fingerprint density at radius 2 is 1.94 bits per heavy atom. The molecule has 0 amide bonds. The number of hydrogen-bond donors (Lipinski definition) is 3. The van der Waals surface area contributed by atoms with Gasteiger partial charge in [-0.15, -0.1) is 0 Å². The van der Waals surface area contributed by atoms with Crippen LogP contribution in [0.25, 0.3) is 0 Å². The fourth-order valence-corrected chi connectivity index (χ4v) is 5.43. The molecular weight excluding hydrogens is 402 g/mol. The number of ether oxygens (including phenoxy) is 2.